The van der Waals surface area contributed by atoms with Crippen LogP contribution in [-0.4, -0.2) is 9.97 Å². The Hall–Kier alpha value is -1.89. The molecule has 2 aromatic rings. The van der Waals surface area contributed by atoms with E-state index in [-0.39, 0.29) is 11.4 Å². The summed E-state index contributed by atoms with van der Waals surface area (Å²) in [6.45, 7) is 0. The number of nitrogens with two attached hydrogens (primary N) is 1. The molecule has 3 N–H and O–H groups in total. The molecule has 0 bridgehead atoms. The topological polar surface area (TPSA) is 63.8 Å². The van der Waals surface area contributed by atoms with Gasteiger partial charge in [-0.3, -0.25) is 0 Å². The first kappa shape index (κ1) is 12.2. The van der Waals surface area contributed by atoms with Crippen LogP contribution in [0.4, 0.5) is 19.0 Å². The molecule has 0 aliphatic heterocycles. The van der Waals surface area contributed by atoms with Gasteiger partial charge in [-0.25, -0.2) is 15.8 Å². The summed E-state index contributed by atoms with van der Waals surface area (Å²) in [6.07, 6.45) is -2.45. The van der Waals surface area contributed by atoms with Gasteiger partial charge in [0.1, 0.15) is 5.82 Å². The average Bonchev–Trinajstić information content (AvgIpc) is 3.19. The number of alkyl halides is 3. The molecule has 1 aromatic heterocycles. The van der Waals surface area contributed by atoms with E-state index < -0.39 is 11.7 Å². The summed E-state index contributed by atoms with van der Waals surface area (Å²) in [6, 6.07) is 3.37. The molecule has 0 atom stereocenters. The predicted octanol–water partition coefficient (Wildman–Crippen LogP) is 2.81. The maximum absolute atomic E-state index is 12.7. The van der Waals surface area contributed by atoms with Crippen LogP contribution in [0.15, 0.2) is 18.2 Å². The molecule has 100 valence electrons. The normalized spacial score (nSPS) is 15.8. The van der Waals surface area contributed by atoms with E-state index in [1.54, 1.807) is 0 Å². The highest BCUT2D eigenvalue weighted by Gasteiger charge is 2.32. The Morgan fingerprint density at radius 3 is 2.53 bits per heavy atom. The Morgan fingerprint density at radius 2 is 1.95 bits per heavy atom. The maximum Gasteiger partial charge on any atom is 0.416 e. The highest BCUT2D eigenvalue weighted by atomic mass is 19.4. The third-order valence-electron chi connectivity index (χ3n) is 3.12. The Balaban J connectivity index is 2.20. The number of aromatic nitrogens is 2. The molecule has 3 rings (SSSR count). The van der Waals surface area contributed by atoms with Crippen LogP contribution in [0.5, 0.6) is 0 Å². The van der Waals surface area contributed by atoms with E-state index in [0.717, 1.165) is 25.0 Å². The second-order valence-corrected chi connectivity index (χ2v) is 4.58. The van der Waals surface area contributed by atoms with Crippen molar-refractivity contribution in [2.24, 2.45) is 5.84 Å². The predicted molar refractivity (Wildman–Crippen MR) is 64.3 cm³/mol. The van der Waals surface area contributed by atoms with Gasteiger partial charge in [-0.15, -0.1) is 0 Å². The molecule has 1 fully saturated rings. The van der Waals surface area contributed by atoms with Gasteiger partial charge >= 0.3 is 6.18 Å². The number of nitrogens with zero attached hydrogens (tertiary/aromatic N) is 2. The van der Waals surface area contributed by atoms with E-state index >= 15 is 0 Å². The van der Waals surface area contributed by atoms with E-state index in [1.807, 2.05) is 0 Å². The number of halogens is 3. The van der Waals surface area contributed by atoms with E-state index in [9.17, 15) is 13.2 Å². The molecule has 0 amide bonds. The van der Waals surface area contributed by atoms with Crippen LogP contribution < -0.4 is 11.3 Å². The quantitative estimate of drug-likeness (QED) is 0.649. The molecule has 1 aromatic carbocycles. The van der Waals surface area contributed by atoms with Gasteiger partial charge in [-0.05, 0) is 31.0 Å². The largest absolute Gasteiger partial charge is 0.416 e. The highest BCUT2D eigenvalue weighted by Crippen LogP contribution is 2.40. The lowest BCUT2D eigenvalue weighted by atomic mass is 10.1. The van der Waals surface area contributed by atoms with Crippen molar-refractivity contribution in [1.29, 1.82) is 0 Å². The lowest BCUT2D eigenvalue weighted by Gasteiger charge is -2.10. The van der Waals surface area contributed by atoms with Crippen LogP contribution in [0.3, 0.4) is 0 Å². The zero-order valence-corrected chi connectivity index (χ0v) is 9.83. The Bertz CT molecular complexity index is 635. The molecule has 4 nitrogen and oxygen atoms in total. The Labute approximate surface area is 106 Å². The zero-order valence-electron chi connectivity index (χ0n) is 9.83. The van der Waals surface area contributed by atoms with E-state index in [1.165, 1.54) is 6.07 Å². The molecular formula is C12H11F3N4. The molecule has 0 unspecified atom stereocenters. The third kappa shape index (κ3) is 2.21. The number of hydrazine groups is 1. The number of benzene rings is 1. The molecule has 0 spiro atoms. The third-order valence-corrected chi connectivity index (χ3v) is 3.12. The van der Waals surface area contributed by atoms with Gasteiger partial charge in [0.05, 0.1) is 11.1 Å². The molecule has 7 heteroatoms. The fourth-order valence-corrected chi connectivity index (χ4v) is 1.96. The number of anilines is 1. The van der Waals surface area contributed by atoms with Crippen LogP contribution >= 0.6 is 0 Å². The number of hydrogen-bond donors (Lipinski definition) is 2. The van der Waals surface area contributed by atoms with Gasteiger partial charge in [-0.1, -0.05) is 0 Å². The van der Waals surface area contributed by atoms with Crippen LogP contribution in [-0.2, 0) is 6.18 Å². The standard InChI is InChI=1S/C12H11F3N4/c13-12(14,15)7-3-4-8-9(5-7)17-10(6-1-2-6)18-11(8)19-16/h3-6H,1-2,16H2,(H,17,18,19). The number of nitrogen functional groups attached to an aromatic ring is 1. The summed E-state index contributed by atoms with van der Waals surface area (Å²) < 4.78 is 38.1. The first-order valence-corrected chi connectivity index (χ1v) is 5.84. The maximum atomic E-state index is 12.7. The highest BCUT2D eigenvalue weighted by molar-refractivity contribution is 5.89. The van der Waals surface area contributed by atoms with Crippen molar-refractivity contribution in [3.05, 3.63) is 29.6 Å². The summed E-state index contributed by atoms with van der Waals surface area (Å²) in [5.41, 5.74) is 1.96. The molecule has 0 radical (unpaired) electrons. The minimum atomic E-state index is -4.38. The van der Waals surface area contributed by atoms with Crippen molar-refractivity contribution in [2.75, 3.05) is 5.43 Å². The van der Waals surface area contributed by atoms with Gasteiger partial charge in [-0.2, -0.15) is 13.2 Å². The summed E-state index contributed by atoms with van der Waals surface area (Å²) in [4.78, 5) is 8.46. The van der Waals surface area contributed by atoms with E-state index in [2.05, 4.69) is 15.4 Å². The lowest BCUT2D eigenvalue weighted by Crippen LogP contribution is -2.12. The van der Waals surface area contributed by atoms with Crippen molar-refractivity contribution in [3.8, 4) is 0 Å². The molecule has 19 heavy (non-hydrogen) atoms. The Kier molecular flexibility index (Phi) is 2.60. The number of fused-ring (bicyclic) bond motifs is 1. The monoisotopic (exact) mass is 268 g/mol. The second kappa shape index (κ2) is 4.06. The average molecular weight is 268 g/mol. The van der Waals surface area contributed by atoms with Gasteiger partial charge in [0, 0.05) is 11.3 Å². The van der Waals surface area contributed by atoms with Crippen LogP contribution in [0.2, 0.25) is 0 Å². The van der Waals surface area contributed by atoms with Crippen LogP contribution in [0, 0.1) is 0 Å². The molecule has 1 heterocycles. The smallest absolute Gasteiger partial charge is 0.308 e. The zero-order chi connectivity index (χ0) is 13.6. The van der Waals surface area contributed by atoms with Gasteiger partial charge in [0.15, 0.2) is 5.82 Å². The van der Waals surface area contributed by atoms with Crippen molar-refractivity contribution in [2.45, 2.75) is 24.9 Å². The lowest BCUT2D eigenvalue weighted by molar-refractivity contribution is -0.137. The van der Waals surface area contributed by atoms with Crippen LogP contribution in [0.1, 0.15) is 30.1 Å². The molecule has 1 aliphatic carbocycles. The van der Waals surface area contributed by atoms with Gasteiger partial charge in [0.25, 0.3) is 0 Å². The number of hydrogen-bond acceptors (Lipinski definition) is 4. The molecule has 1 saturated carbocycles. The fourth-order valence-electron chi connectivity index (χ4n) is 1.96. The van der Waals surface area contributed by atoms with Gasteiger partial charge < -0.3 is 5.43 Å². The van der Waals surface area contributed by atoms with Gasteiger partial charge in [0.2, 0.25) is 0 Å². The summed E-state index contributed by atoms with van der Waals surface area (Å²) >= 11 is 0. The van der Waals surface area contributed by atoms with E-state index in [0.29, 0.717) is 17.0 Å². The molecular weight excluding hydrogens is 257 g/mol. The molecule has 0 saturated heterocycles. The Morgan fingerprint density at radius 1 is 1.21 bits per heavy atom. The number of nitrogens with one attached hydrogen (secondary N) is 1. The fraction of sp³-hybridized carbons (Fsp3) is 0.333. The number of rotatable bonds is 2. The van der Waals surface area contributed by atoms with Crippen molar-refractivity contribution < 1.29 is 13.2 Å². The summed E-state index contributed by atoms with van der Waals surface area (Å²) in [5.74, 6) is 6.53. The minimum absolute atomic E-state index is 0.242. The summed E-state index contributed by atoms with van der Waals surface area (Å²) in [5, 5.41) is 0.486. The first-order chi connectivity index (χ1) is 8.99. The SMILES string of the molecule is NNc1nc(C2CC2)nc2cc(C(F)(F)F)ccc12. The van der Waals surface area contributed by atoms with Crippen molar-refractivity contribution in [1.82, 2.24) is 9.97 Å². The minimum Gasteiger partial charge on any atom is -0.308 e. The van der Waals surface area contributed by atoms with Crippen LogP contribution in [0.25, 0.3) is 10.9 Å². The van der Waals surface area contributed by atoms with Crippen molar-refractivity contribution in [3.63, 3.8) is 0 Å². The van der Waals surface area contributed by atoms with E-state index in [4.69, 9.17) is 5.84 Å². The molecule has 1 aliphatic rings. The summed E-state index contributed by atoms with van der Waals surface area (Å²) in [7, 11) is 0. The first-order valence-electron chi connectivity index (χ1n) is 5.84. The van der Waals surface area contributed by atoms with Crippen molar-refractivity contribution >= 4 is 16.7 Å². The second-order valence-electron chi connectivity index (χ2n) is 4.58.